The summed E-state index contributed by atoms with van der Waals surface area (Å²) in [7, 11) is -4.29. The maximum Gasteiger partial charge on any atom is 0.210 e. The Balaban J connectivity index is 1.89. The van der Waals surface area contributed by atoms with Crippen LogP contribution in [-0.2, 0) is 9.84 Å². The first-order valence-electron chi connectivity index (χ1n) is 11.1. The van der Waals surface area contributed by atoms with Crippen LogP contribution in [0.4, 0.5) is 14.6 Å². The molecule has 0 fully saturated rings. The second-order valence-corrected chi connectivity index (χ2v) is 11.4. The first kappa shape index (κ1) is 25.2. The van der Waals surface area contributed by atoms with Crippen LogP contribution in [0, 0.1) is 35.3 Å². The van der Waals surface area contributed by atoms with Crippen molar-refractivity contribution in [1.82, 2.24) is 19.9 Å². The topological polar surface area (TPSA) is 124 Å². The van der Waals surface area contributed by atoms with Crippen LogP contribution < -0.4 is 5.32 Å². The molecule has 8 nitrogen and oxygen atoms in total. The smallest absolute Gasteiger partial charge is 0.210 e. The molecule has 11 heteroatoms. The third-order valence-corrected chi connectivity index (χ3v) is 7.68. The van der Waals surface area contributed by atoms with Crippen molar-refractivity contribution in [2.75, 3.05) is 5.32 Å². The van der Waals surface area contributed by atoms with Gasteiger partial charge in [-0.3, -0.25) is 0 Å². The molecule has 0 bridgehead atoms. The van der Waals surface area contributed by atoms with Gasteiger partial charge in [0.15, 0.2) is 23.3 Å². The minimum atomic E-state index is -4.29. The van der Waals surface area contributed by atoms with Crippen LogP contribution in [-0.4, -0.2) is 34.4 Å². The van der Waals surface area contributed by atoms with Gasteiger partial charge in [-0.1, -0.05) is 38.5 Å². The minimum absolute atomic E-state index is 0.0393. The molecule has 36 heavy (non-hydrogen) atoms. The summed E-state index contributed by atoms with van der Waals surface area (Å²) in [6.45, 7) is 7.51. The SMILES string of the molecule is Cc1ccc(S(=O)(=O)c2c(F)cnc3[nH]cc(-c4ncc(F)c(NC(CC#N)C(C)(C)C)n4)c23)cc1. The molecule has 1 atom stereocenters. The van der Waals surface area contributed by atoms with Crippen molar-refractivity contribution in [2.24, 2.45) is 5.41 Å². The summed E-state index contributed by atoms with van der Waals surface area (Å²) in [5.41, 5.74) is 0.701. The first-order valence-corrected chi connectivity index (χ1v) is 12.6. The summed E-state index contributed by atoms with van der Waals surface area (Å²) >= 11 is 0. The second kappa shape index (κ2) is 9.28. The largest absolute Gasteiger partial charge is 0.363 e. The van der Waals surface area contributed by atoms with E-state index in [2.05, 4.69) is 31.3 Å². The van der Waals surface area contributed by atoms with E-state index >= 15 is 4.39 Å². The van der Waals surface area contributed by atoms with E-state index in [-0.39, 0.29) is 39.6 Å². The van der Waals surface area contributed by atoms with Crippen LogP contribution in [0.25, 0.3) is 22.4 Å². The fourth-order valence-corrected chi connectivity index (χ4v) is 5.26. The summed E-state index contributed by atoms with van der Waals surface area (Å²) in [5.74, 6) is -1.98. The van der Waals surface area contributed by atoms with Gasteiger partial charge in [0.25, 0.3) is 0 Å². The zero-order valence-electron chi connectivity index (χ0n) is 20.1. The number of anilines is 1. The van der Waals surface area contributed by atoms with Gasteiger partial charge in [-0.15, -0.1) is 0 Å². The van der Waals surface area contributed by atoms with E-state index in [0.29, 0.717) is 0 Å². The molecule has 0 saturated heterocycles. The normalized spacial score (nSPS) is 12.9. The number of nitriles is 1. The van der Waals surface area contributed by atoms with Crippen LogP contribution in [0.1, 0.15) is 32.8 Å². The number of hydrogen-bond donors (Lipinski definition) is 2. The Labute approximate surface area is 207 Å². The number of fused-ring (bicyclic) bond motifs is 1. The third kappa shape index (κ3) is 4.64. The number of hydrogen-bond acceptors (Lipinski definition) is 7. The predicted octanol–water partition coefficient (Wildman–Crippen LogP) is 5.18. The van der Waals surface area contributed by atoms with Crippen LogP contribution >= 0.6 is 0 Å². The number of H-pyrrole nitrogens is 1. The van der Waals surface area contributed by atoms with E-state index in [1.54, 1.807) is 12.1 Å². The molecule has 186 valence electrons. The molecule has 3 heterocycles. The lowest BCUT2D eigenvalue weighted by molar-refractivity contribution is 0.342. The maximum atomic E-state index is 15.1. The van der Waals surface area contributed by atoms with Crippen LogP contribution in [0.15, 0.2) is 52.6 Å². The molecule has 0 aliphatic heterocycles. The van der Waals surface area contributed by atoms with Gasteiger partial charge in [-0.2, -0.15) is 5.26 Å². The number of pyridine rings is 1. The average Bonchev–Trinajstić information content (AvgIpc) is 3.23. The van der Waals surface area contributed by atoms with Crippen molar-refractivity contribution in [3.8, 4) is 17.5 Å². The first-order chi connectivity index (χ1) is 16.9. The van der Waals surface area contributed by atoms with Gasteiger partial charge in [-0.05, 0) is 24.5 Å². The Bertz CT molecular complexity index is 1590. The van der Waals surface area contributed by atoms with E-state index in [1.165, 1.54) is 18.3 Å². The van der Waals surface area contributed by atoms with Crippen molar-refractivity contribution in [1.29, 1.82) is 5.26 Å². The van der Waals surface area contributed by atoms with Crippen molar-refractivity contribution in [2.45, 2.75) is 49.9 Å². The molecule has 0 saturated carbocycles. The highest BCUT2D eigenvalue weighted by Crippen LogP contribution is 2.36. The van der Waals surface area contributed by atoms with E-state index in [1.807, 2.05) is 27.7 Å². The molecule has 4 rings (SSSR count). The van der Waals surface area contributed by atoms with Crippen molar-refractivity contribution < 1.29 is 17.2 Å². The Morgan fingerprint density at radius 1 is 1.11 bits per heavy atom. The van der Waals surface area contributed by atoms with Crippen LogP contribution in [0.2, 0.25) is 0 Å². The summed E-state index contributed by atoms with van der Waals surface area (Å²) < 4.78 is 56.7. The molecule has 1 aromatic carbocycles. The number of aromatic nitrogens is 4. The minimum Gasteiger partial charge on any atom is -0.363 e. The molecule has 0 radical (unpaired) electrons. The number of halogens is 2. The zero-order chi connectivity index (χ0) is 26.3. The number of aryl methyl sites for hydroxylation is 1. The molecule has 0 aliphatic rings. The second-order valence-electron chi connectivity index (χ2n) is 9.49. The molecule has 0 aliphatic carbocycles. The van der Waals surface area contributed by atoms with Gasteiger partial charge < -0.3 is 10.3 Å². The number of benzene rings is 1. The van der Waals surface area contributed by atoms with E-state index in [4.69, 9.17) is 0 Å². The van der Waals surface area contributed by atoms with Crippen molar-refractivity contribution in [3.63, 3.8) is 0 Å². The molecule has 1 unspecified atom stereocenters. The molecular formula is C25H24F2N6O2S. The Hall–Kier alpha value is -3.91. The summed E-state index contributed by atoms with van der Waals surface area (Å²) in [6.07, 6.45) is 3.27. The third-order valence-electron chi connectivity index (χ3n) is 5.85. The summed E-state index contributed by atoms with van der Waals surface area (Å²) in [6, 6.07) is 7.70. The molecule has 0 amide bonds. The average molecular weight is 511 g/mol. The van der Waals surface area contributed by atoms with Gasteiger partial charge in [-0.25, -0.2) is 32.2 Å². The van der Waals surface area contributed by atoms with Crippen LogP contribution in [0.5, 0.6) is 0 Å². The van der Waals surface area contributed by atoms with E-state index < -0.39 is 37.8 Å². The fraction of sp³-hybridized carbons (Fsp3) is 0.280. The quantitative estimate of drug-likeness (QED) is 0.366. The number of nitrogens with zero attached hydrogens (tertiary/aromatic N) is 4. The molecule has 3 aromatic heterocycles. The lowest BCUT2D eigenvalue weighted by atomic mass is 9.85. The van der Waals surface area contributed by atoms with Crippen molar-refractivity contribution in [3.05, 3.63) is 60.1 Å². The van der Waals surface area contributed by atoms with Gasteiger partial charge in [0.1, 0.15) is 10.5 Å². The number of aromatic amines is 1. The number of rotatable bonds is 6. The highest BCUT2D eigenvalue weighted by Gasteiger charge is 2.30. The molecular weight excluding hydrogens is 486 g/mol. The van der Waals surface area contributed by atoms with Gasteiger partial charge >= 0.3 is 0 Å². The molecule has 2 N–H and O–H groups in total. The summed E-state index contributed by atoms with van der Waals surface area (Å²) in [5, 5.41) is 12.1. The van der Waals surface area contributed by atoms with E-state index in [0.717, 1.165) is 18.0 Å². The summed E-state index contributed by atoms with van der Waals surface area (Å²) in [4.78, 5) is 14.4. The predicted molar refractivity (Wildman–Crippen MR) is 131 cm³/mol. The maximum absolute atomic E-state index is 15.1. The van der Waals surface area contributed by atoms with Crippen LogP contribution in [0.3, 0.4) is 0 Å². The number of nitrogens with one attached hydrogen (secondary N) is 2. The lowest BCUT2D eigenvalue weighted by Crippen LogP contribution is -2.34. The van der Waals surface area contributed by atoms with Gasteiger partial charge in [0.2, 0.25) is 9.84 Å². The molecule has 4 aromatic rings. The van der Waals surface area contributed by atoms with E-state index in [9.17, 15) is 18.1 Å². The molecule has 0 spiro atoms. The standard InChI is InChI=1S/C25H24F2N6O2S/c1-14-5-7-15(8-6-14)36(34,35)21-17(26)12-31-24-20(21)16(11-29-24)22-30-13-18(27)23(33-22)32-19(9-10-28)25(2,3)4/h5-8,11-13,19H,9H2,1-4H3,(H,29,31)(H,30,32,33). The van der Waals surface area contributed by atoms with Gasteiger partial charge in [0.05, 0.1) is 35.2 Å². The van der Waals surface area contributed by atoms with Gasteiger partial charge in [0, 0.05) is 17.8 Å². The Kier molecular flexibility index (Phi) is 6.49. The Morgan fingerprint density at radius 2 is 1.78 bits per heavy atom. The lowest BCUT2D eigenvalue weighted by Gasteiger charge is -2.30. The number of sulfone groups is 1. The zero-order valence-corrected chi connectivity index (χ0v) is 20.9. The highest BCUT2D eigenvalue weighted by atomic mass is 32.2. The fourth-order valence-electron chi connectivity index (χ4n) is 3.75. The monoisotopic (exact) mass is 510 g/mol. The Morgan fingerprint density at radius 3 is 2.42 bits per heavy atom. The highest BCUT2D eigenvalue weighted by molar-refractivity contribution is 7.91. The van der Waals surface area contributed by atoms with Crippen molar-refractivity contribution >= 4 is 26.7 Å².